The molecule has 0 unspecified atom stereocenters. The van der Waals surface area contributed by atoms with E-state index in [1.807, 2.05) is 39.0 Å². The molecule has 1 atom stereocenters. The van der Waals surface area contributed by atoms with Gasteiger partial charge in [-0.3, -0.25) is 0 Å². The van der Waals surface area contributed by atoms with Crippen molar-refractivity contribution in [1.82, 2.24) is 9.97 Å². The molecule has 3 rings (SSSR count). The van der Waals surface area contributed by atoms with E-state index in [0.717, 1.165) is 11.6 Å². The first-order chi connectivity index (χ1) is 18.6. The van der Waals surface area contributed by atoms with Gasteiger partial charge in [0.2, 0.25) is 11.8 Å². The number of ether oxygens (including phenoxy) is 2. The number of benzene rings is 2. The number of rotatable bonds is 11. The fourth-order valence-electron chi connectivity index (χ4n) is 4.23. The van der Waals surface area contributed by atoms with Crippen LogP contribution in [0.25, 0.3) is 11.3 Å². The van der Waals surface area contributed by atoms with E-state index in [9.17, 15) is 18.3 Å². The van der Waals surface area contributed by atoms with Crippen LogP contribution >= 0.6 is 12.4 Å². The summed E-state index contributed by atoms with van der Waals surface area (Å²) in [4.78, 5) is 20.1. The Morgan fingerprint density at radius 1 is 1.10 bits per heavy atom. The Morgan fingerprint density at radius 3 is 2.37 bits per heavy atom. The van der Waals surface area contributed by atoms with Gasteiger partial charge < -0.3 is 20.3 Å². The van der Waals surface area contributed by atoms with Crippen molar-refractivity contribution in [2.45, 2.75) is 71.9 Å². The molecule has 1 heterocycles. The van der Waals surface area contributed by atoms with Gasteiger partial charge in [0.05, 0.1) is 22.3 Å². The molecular weight excluding hydrogens is 568 g/mol. The number of hydrogen-bond acceptors (Lipinski definition) is 8. The molecule has 0 aliphatic heterocycles. The number of aromatic carboxylic acids is 1. The number of nitrogens with one attached hydrogen (secondary N) is 1. The highest BCUT2D eigenvalue weighted by atomic mass is 35.5. The third kappa shape index (κ3) is 9.04. The van der Waals surface area contributed by atoms with E-state index >= 15 is 0 Å². The zero-order valence-electron chi connectivity index (χ0n) is 24.4. The van der Waals surface area contributed by atoms with Gasteiger partial charge in [0, 0.05) is 17.2 Å². The maximum Gasteiger partial charge on any atom is 0.335 e. The molecule has 0 aliphatic carbocycles. The van der Waals surface area contributed by atoms with Crippen LogP contribution in [0.4, 0.5) is 5.95 Å². The molecule has 4 N–H and O–H groups in total. The van der Waals surface area contributed by atoms with Gasteiger partial charge in [0.15, 0.2) is 0 Å². The standard InChI is InChI=1S/C29H38N4O6S.ClH/c1-17(2)39-23-13-8-10-18(3)24(23)25-19(4)26(38-16-21(30)15-29(5,6)7)32-28(31-25)33-40(36,37)22-12-9-11-20(14-22)27(34)35;/h8-14,17,21H,15-16,30H2,1-7H3,(H,34,35)(H,31,32,33);1H/t21-;/m1./s1. The van der Waals surface area contributed by atoms with Crippen molar-refractivity contribution < 1.29 is 27.8 Å². The molecule has 0 aliphatic rings. The van der Waals surface area contributed by atoms with Crippen LogP contribution in [-0.2, 0) is 10.0 Å². The second-order valence-corrected chi connectivity index (χ2v) is 12.9. The first-order valence-electron chi connectivity index (χ1n) is 13.0. The minimum atomic E-state index is -4.24. The predicted molar refractivity (Wildman–Crippen MR) is 162 cm³/mol. The largest absolute Gasteiger partial charge is 0.490 e. The molecule has 0 spiro atoms. The van der Waals surface area contributed by atoms with Gasteiger partial charge in [0.1, 0.15) is 12.4 Å². The van der Waals surface area contributed by atoms with E-state index in [2.05, 4.69) is 35.5 Å². The number of aryl methyl sites for hydroxylation is 1. The lowest BCUT2D eigenvalue weighted by Gasteiger charge is -2.24. The number of aromatic nitrogens is 2. The van der Waals surface area contributed by atoms with E-state index in [1.54, 1.807) is 6.92 Å². The van der Waals surface area contributed by atoms with Crippen molar-refractivity contribution in [3.05, 3.63) is 59.2 Å². The Labute approximate surface area is 248 Å². The number of halogens is 1. The Hall–Kier alpha value is -3.41. The molecular formula is C29H39ClN4O6S. The lowest BCUT2D eigenvalue weighted by Crippen LogP contribution is -2.32. The number of carbonyl (C=O) groups is 1. The van der Waals surface area contributed by atoms with Crippen molar-refractivity contribution in [1.29, 1.82) is 0 Å². The molecule has 12 heteroatoms. The fourth-order valence-corrected chi connectivity index (χ4v) is 5.22. The highest BCUT2D eigenvalue weighted by Crippen LogP contribution is 2.38. The highest BCUT2D eigenvalue weighted by Gasteiger charge is 2.24. The Morgan fingerprint density at radius 2 is 1.76 bits per heavy atom. The van der Waals surface area contributed by atoms with Gasteiger partial charge >= 0.3 is 5.97 Å². The van der Waals surface area contributed by atoms with Crippen LogP contribution in [-0.4, -0.2) is 48.2 Å². The van der Waals surface area contributed by atoms with Crippen LogP contribution < -0.4 is 19.9 Å². The average Bonchev–Trinajstić information content (AvgIpc) is 2.83. The molecule has 0 fully saturated rings. The zero-order chi connectivity index (χ0) is 29.8. The SMILES string of the molecule is Cc1cccc(OC(C)C)c1-c1nc(NS(=O)(=O)c2cccc(C(=O)O)c2)nc(OC[C@H](N)CC(C)(C)C)c1C.Cl. The number of carboxylic acids is 1. The Kier molecular flexibility index (Phi) is 11.1. The average molecular weight is 607 g/mol. The van der Waals surface area contributed by atoms with Gasteiger partial charge in [-0.2, -0.15) is 4.98 Å². The molecule has 10 nitrogen and oxygen atoms in total. The van der Waals surface area contributed by atoms with Crippen molar-refractivity contribution in [2.24, 2.45) is 11.1 Å². The lowest BCUT2D eigenvalue weighted by molar-refractivity contribution is 0.0696. The summed E-state index contributed by atoms with van der Waals surface area (Å²) < 4.78 is 41.0. The van der Waals surface area contributed by atoms with E-state index in [-0.39, 0.29) is 58.9 Å². The molecule has 0 saturated carbocycles. The van der Waals surface area contributed by atoms with Crippen LogP contribution in [0, 0.1) is 19.3 Å². The number of carboxylic acid groups (broad SMARTS) is 1. The Balaban J connectivity index is 0.00000588. The molecule has 1 aromatic heterocycles. The monoisotopic (exact) mass is 606 g/mol. The van der Waals surface area contributed by atoms with Crippen LogP contribution in [0.1, 0.15) is 62.5 Å². The maximum atomic E-state index is 13.3. The van der Waals surface area contributed by atoms with E-state index in [4.69, 9.17) is 15.2 Å². The summed E-state index contributed by atoms with van der Waals surface area (Å²) in [7, 11) is -4.24. The quantitative estimate of drug-likeness (QED) is 0.252. The molecule has 0 amide bonds. The number of hydrogen-bond donors (Lipinski definition) is 3. The van der Waals surface area contributed by atoms with Crippen molar-refractivity contribution >= 4 is 34.3 Å². The third-order valence-electron chi connectivity index (χ3n) is 5.86. The smallest absolute Gasteiger partial charge is 0.335 e. The van der Waals surface area contributed by atoms with Crippen LogP contribution in [0.5, 0.6) is 11.6 Å². The molecule has 2 aromatic carbocycles. The third-order valence-corrected chi connectivity index (χ3v) is 7.19. The Bertz CT molecular complexity index is 1490. The van der Waals surface area contributed by atoms with E-state index in [1.165, 1.54) is 18.2 Å². The number of anilines is 1. The lowest BCUT2D eigenvalue weighted by atomic mass is 9.89. The van der Waals surface area contributed by atoms with Crippen LogP contribution in [0.3, 0.4) is 0 Å². The van der Waals surface area contributed by atoms with E-state index < -0.39 is 16.0 Å². The zero-order valence-corrected chi connectivity index (χ0v) is 26.0. The van der Waals surface area contributed by atoms with Crippen LogP contribution in [0.2, 0.25) is 0 Å². The molecule has 224 valence electrons. The molecule has 0 saturated heterocycles. The molecule has 3 aromatic rings. The number of nitrogens with two attached hydrogens (primary N) is 1. The summed E-state index contributed by atoms with van der Waals surface area (Å²) in [6, 6.07) is 10.3. The summed E-state index contributed by atoms with van der Waals surface area (Å²) in [6.45, 7) is 13.9. The predicted octanol–water partition coefficient (Wildman–Crippen LogP) is 5.61. The second kappa shape index (κ2) is 13.5. The van der Waals surface area contributed by atoms with Gasteiger partial charge in [0.25, 0.3) is 10.0 Å². The summed E-state index contributed by atoms with van der Waals surface area (Å²) in [5, 5.41) is 9.30. The second-order valence-electron chi connectivity index (χ2n) is 11.2. The highest BCUT2D eigenvalue weighted by molar-refractivity contribution is 7.92. The number of nitrogens with zero attached hydrogens (tertiary/aromatic N) is 2. The summed E-state index contributed by atoms with van der Waals surface area (Å²) in [5.41, 5.74) is 8.69. The molecule has 0 bridgehead atoms. The topological polar surface area (TPSA) is 154 Å². The van der Waals surface area contributed by atoms with Gasteiger partial charge in [-0.1, -0.05) is 39.0 Å². The first-order valence-corrected chi connectivity index (χ1v) is 14.5. The normalized spacial score (nSPS) is 12.4. The minimum Gasteiger partial charge on any atom is -0.490 e. The van der Waals surface area contributed by atoms with Gasteiger partial charge in [-0.05, 0) is 69.4 Å². The minimum absolute atomic E-state index is 0. The summed E-state index contributed by atoms with van der Waals surface area (Å²) in [5.74, 6) is -0.731. The van der Waals surface area contributed by atoms with Crippen LogP contribution in [0.15, 0.2) is 47.4 Å². The van der Waals surface area contributed by atoms with Crippen molar-refractivity contribution in [3.8, 4) is 22.9 Å². The maximum absolute atomic E-state index is 13.3. The van der Waals surface area contributed by atoms with Crippen molar-refractivity contribution in [3.63, 3.8) is 0 Å². The van der Waals surface area contributed by atoms with E-state index in [0.29, 0.717) is 29.0 Å². The van der Waals surface area contributed by atoms with Crippen molar-refractivity contribution in [2.75, 3.05) is 11.3 Å². The van der Waals surface area contributed by atoms with Gasteiger partial charge in [-0.15, -0.1) is 12.4 Å². The summed E-state index contributed by atoms with van der Waals surface area (Å²) in [6.07, 6.45) is 0.585. The van der Waals surface area contributed by atoms with Gasteiger partial charge in [-0.25, -0.2) is 22.9 Å². The fraction of sp³-hybridized carbons (Fsp3) is 0.414. The number of sulfonamides is 1. The molecule has 41 heavy (non-hydrogen) atoms. The summed E-state index contributed by atoms with van der Waals surface area (Å²) >= 11 is 0. The first kappa shape index (κ1) is 33.8. The molecule has 0 radical (unpaired) electrons.